The van der Waals surface area contributed by atoms with E-state index >= 15 is 0 Å². The van der Waals surface area contributed by atoms with Crippen LogP contribution in [-0.2, 0) is 4.74 Å². The van der Waals surface area contributed by atoms with E-state index in [1.807, 2.05) is 30.3 Å². The molecule has 1 saturated heterocycles. The Labute approximate surface area is 145 Å². The molecule has 4 rings (SSSR count). The van der Waals surface area contributed by atoms with E-state index in [0.29, 0.717) is 5.92 Å². The third kappa shape index (κ3) is 2.40. The molecule has 1 N–H and O–H groups in total. The maximum Gasteiger partial charge on any atom is 0.251 e. The molecule has 1 amide bonds. The number of fused-ring (bicyclic) bond motifs is 1. The molecule has 0 radical (unpaired) electrons. The fourth-order valence-corrected chi connectivity index (χ4v) is 5.51. The Morgan fingerprint density at radius 3 is 2.54 bits per heavy atom. The molecule has 130 valence electrons. The van der Waals surface area contributed by atoms with Gasteiger partial charge in [-0.05, 0) is 75.8 Å². The van der Waals surface area contributed by atoms with Crippen LogP contribution in [0.1, 0.15) is 69.7 Å². The van der Waals surface area contributed by atoms with E-state index in [1.54, 1.807) is 0 Å². The van der Waals surface area contributed by atoms with Gasteiger partial charge in [-0.15, -0.1) is 0 Å². The summed E-state index contributed by atoms with van der Waals surface area (Å²) in [5, 5.41) is 3.27. The van der Waals surface area contributed by atoms with E-state index in [4.69, 9.17) is 4.74 Å². The van der Waals surface area contributed by atoms with Crippen molar-refractivity contribution in [2.45, 2.75) is 76.5 Å². The molecule has 4 atom stereocenters. The molecule has 1 aromatic carbocycles. The van der Waals surface area contributed by atoms with Gasteiger partial charge in [-0.1, -0.05) is 25.1 Å². The maximum atomic E-state index is 12.5. The fourth-order valence-electron chi connectivity index (χ4n) is 5.51. The third-order valence-corrected chi connectivity index (χ3v) is 7.15. The van der Waals surface area contributed by atoms with Crippen molar-refractivity contribution in [3.8, 4) is 0 Å². The Bertz CT molecular complexity index is 640. The third-order valence-electron chi connectivity index (χ3n) is 7.15. The van der Waals surface area contributed by atoms with Crippen LogP contribution in [0.3, 0.4) is 0 Å². The number of rotatable bonds is 2. The van der Waals surface area contributed by atoms with Crippen molar-refractivity contribution in [2.75, 3.05) is 0 Å². The minimum absolute atomic E-state index is 0.0247. The van der Waals surface area contributed by atoms with Gasteiger partial charge in [0.25, 0.3) is 5.91 Å². The second kappa shape index (κ2) is 5.32. The molecule has 1 aliphatic heterocycles. The lowest BCUT2D eigenvalue weighted by Crippen LogP contribution is -2.57. The number of benzene rings is 1. The van der Waals surface area contributed by atoms with Crippen molar-refractivity contribution in [3.05, 3.63) is 35.9 Å². The number of carbonyl (C=O) groups is 1. The van der Waals surface area contributed by atoms with Crippen molar-refractivity contribution in [1.82, 2.24) is 5.32 Å². The molecule has 24 heavy (non-hydrogen) atoms. The van der Waals surface area contributed by atoms with E-state index in [0.717, 1.165) is 31.2 Å². The van der Waals surface area contributed by atoms with Crippen LogP contribution in [0.5, 0.6) is 0 Å². The summed E-state index contributed by atoms with van der Waals surface area (Å²) in [7, 11) is 0. The summed E-state index contributed by atoms with van der Waals surface area (Å²) in [5.41, 5.74) is 0.943. The standard InChI is InChI=1S/C21H29NO2/c1-19(2)16-9-11-20(3)12-10-17(14-21(20,13-16)24-19)22-18(23)15-7-5-4-6-8-15/h4-8,16-17H,9-14H2,1-3H3,(H,22,23)/t16-,17-,20-,21?/m1/s1. The SMILES string of the molecule is CC1(C)OC23C[C@H](NC(=O)c4ccccc4)CC[C@@]2(C)CC[C@@H]1C3. The second-order valence-electron chi connectivity index (χ2n) is 8.98. The first kappa shape index (κ1) is 16.1. The molecule has 1 heterocycles. The zero-order valence-corrected chi connectivity index (χ0v) is 15.1. The summed E-state index contributed by atoms with van der Waals surface area (Å²) < 4.78 is 6.73. The van der Waals surface area contributed by atoms with E-state index in [1.165, 1.54) is 12.8 Å². The Balaban J connectivity index is 1.52. The van der Waals surface area contributed by atoms with Crippen LogP contribution in [-0.4, -0.2) is 23.2 Å². The van der Waals surface area contributed by atoms with E-state index < -0.39 is 0 Å². The lowest BCUT2D eigenvalue weighted by molar-refractivity contribution is -0.170. The van der Waals surface area contributed by atoms with Crippen LogP contribution in [0, 0.1) is 11.3 Å². The Kier molecular flexibility index (Phi) is 3.58. The summed E-state index contributed by atoms with van der Waals surface area (Å²) >= 11 is 0. The van der Waals surface area contributed by atoms with E-state index in [-0.39, 0.29) is 28.6 Å². The van der Waals surface area contributed by atoms with Crippen LogP contribution in [0.4, 0.5) is 0 Å². The average molecular weight is 327 g/mol. The average Bonchev–Trinajstić information content (AvgIpc) is 2.77. The molecular formula is C21H29NO2. The molecule has 1 unspecified atom stereocenters. The number of ether oxygens (including phenoxy) is 1. The van der Waals surface area contributed by atoms with E-state index in [2.05, 4.69) is 26.1 Å². The number of nitrogens with one attached hydrogen (secondary N) is 1. The van der Waals surface area contributed by atoms with Gasteiger partial charge < -0.3 is 10.1 Å². The van der Waals surface area contributed by atoms with Crippen molar-refractivity contribution < 1.29 is 9.53 Å². The lowest BCUT2D eigenvalue weighted by atomic mass is 9.55. The van der Waals surface area contributed by atoms with Gasteiger partial charge in [0.2, 0.25) is 0 Å². The second-order valence-corrected chi connectivity index (χ2v) is 8.98. The zero-order chi connectivity index (χ0) is 17.0. The van der Waals surface area contributed by atoms with Crippen molar-refractivity contribution >= 4 is 5.91 Å². The predicted octanol–water partition coefficient (Wildman–Crippen LogP) is 4.32. The molecule has 1 aromatic rings. The van der Waals surface area contributed by atoms with Crippen LogP contribution in [0.2, 0.25) is 0 Å². The molecule has 2 saturated carbocycles. The minimum atomic E-state index is -0.0493. The summed E-state index contributed by atoms with van der Waals surface area (Å²) in [6.45, 7) is 6.93. The molecule has 3 aliphatic rings. The van der Waals surface area contributed by atoms with Gasteiger partial charge in [0.15, 0.2) is 0 Å². The highest BCUT2D eigenvalue weighted by molar-refractivity contribution is 5.94. The molecule has 3 nitrogen and oxygen atoms in total. The zero-order valence-electron chi connectivity index (χ0n) is 15.1. The van der Waals surface area contributed by atoms with Crippen molar-refractivity contribution in [3.63, 3.8) is 0 Å². The summed E-state index contributed by atoms with van der Waals surface area (Å²) in [6.07, 6.45) is 6.88. The van der Waals surface area contributed by atoms with Gasteiger partial charge in [0.05, 0.1) is 11.2 Å². The topological polar surface area (TPSA) is 38.3 Å². The Hall–Kier alpha value is -1.35. The summed E-state index contributed by atoms with van der Waals surface area (Å²) in [6, 6.07) is 9.76. The van der Waals surface area contributed by atoms with Crippen LogP contribution in [0.15, 0.2) is 30.3 Å². The smallest absolute Gasteiger partial charge is 0.251 e. The van der Waals surface area contributed by atoms with Gasteiger partial charge in [-0.25, -0.2) is 0 Å². The van der Waals surface area contributed by atoms with E-state index in [9.17, 15) is 4.79 Å². The summed E-state index contributed by atoms with van der Waals surface area (Å²) in [5.74, 6) is 0.708. The number of amides is 1. The highest BCUT2D eigenvalue weighted by atomic mass is 16.5. The van der Waals surface area contributed by atoms with Crippen LogP contribution < -0.4 is 5.32 Å². The lowest BCUT2D eigenvalue weighted by Gasteiger charge is -2.53. The van der Waals surface area contributed by atoms with Crippen molar-refractivity contribution in [1.29, 1.82) is 0 Å². The molecule has 0 aromatic heterocycles. The maximum absolute atomic E-state index is 12.5. The monoisotopic (exact) mass is 327 g/mol. The van der Waals surface area contributed by atoms with Crippen LogP contribution >= 0.6 is 0 Å². The fraction of sp³-hybridized carbons (Fsp3) is 0.667. The highest BCUT2D eigenvalue weighted by Gasteiger charge is 2.64. The van der Waals surface area contributed by atoms with Gasteiger partial charge in [0.1, 0.15) is 0 Å². The van der Waals surface area contributed by atoms with Gasteiger partial charge in [-0.2, -0.15) is 0 Å². The molecule has 3 heteroatoms. The normalized spacial score (nSPS) is 40.0. The van der Waals surface area contributed by atoms with Gasteiger partial charge in [0, 0.05) is 11.6 Å². The number of hydrogen-bond acceptors (Lipinski definition) is 2. The Morgan fingerprint density at radius 2 is 1.79 bits per heavy atom. The minimum Gasteiger partial charge on any atom is -0.368 e. The molecule has 2 aliphatic carbocycles. The first-order valence-electron chi connectivity index (χ1n) is 9.40. The van der Waals surface area contributed by atoms with Crippen LogP contribution in [0.25, 0.3) is 0 Å². The van der Waals surface area contributed by atoms with Gasteiger partial charge in [-0.3, -0.25) is 4.79 Å². The molecule has 3 fully saturated rings. The first-order valence-corrected chi connectivity index (χ1v) is 9.40. The highest BCUT2D eigenvalue weighted by Crippen LogP contribution is 2.63. The molecule has 2 bridgehead atoms. The van der Waals surface area contributed by atoms with Gasteiger partial charge >= 0.3 is 0 Å². The summed E-state index contributed by atoms with van der Waals surface area (Å²) in [4.78, 5) is 12.5. The molecular weight excluding hydrogens is 298 g/mol. The quantitative estimate of drug-likeness (QED) is 0.878. The molecule has 1 spiro atoms. The first-order chi connectivity index (χ1) is 11.3. The number of hydrogen-bond donors (Lipinski definition) is 1. The largest absolute Gasteiger partial charge is 0.368 e. The number of carbonyl (C=O) groups excluding carboxylic acids is 1. The van der Waals surface area contributed by atoms with Crippen molar-refractivity contribution in [2.24, 2.45) is 11.3 Å². The predicted molar refractivity (Wildman–Crippen MR) is 94.9 cm³/mol. The Morgan fingerprint density at radius 1 is 1.08 bits per heavy atom.